The van der Waals surface area contributed by atoms with Gasteiger partial charge in [0.1, 0.15) is 17.3 Å². The average molecular weight is 445 g/mol. The van der Waals surface area contributed by atoms with Crippen molar-refractivity contribution >= 4 is 0 Å². The zero-order valence-electron chi connectivity index (χ0n) is 17.6. The highest BCUT2D eigenvalue weighted by Crippen LogP contribution is 2.32. The maximum atomic E-state index is 12.8. The summed E-state index contributed by atoms with van der Waals surface area (Å²) in [6, 6.07) is 10.2. The topological polar surface area (TPSA) is 67.5 Å². The summed E-state index contributed by atoms with van der Waals surface area (Å²) in [6.07, 6.45) is -3.91. The van der Waals surface area contributed by atoms with Crippen molar-refractivity contribution in [2.24, 2.45) is 0 Å². The number of benzene rings is 2. The molecule has 32 heavy (non-hydrogen) atoms. The first-order chi connectivity index (χ1) is 15.3. The van der Waals surface area contributed by atoms with Crippen LogP contribution in [0, 0.1) is 0 Å². The number of alkyl halides is 3. The van der Waals surface area contributed by atoms with Crippen molar-refractivity contribution in [1.29, 1.82) is 0 Å². The molecule has 2 aromatic carbocycles. The highest BCUT2D eigenvalue weighted by molar-refractivity contribution is 5.56. The third kappa shape index (κ3) is 4.34. The van der Waals surface area contributed by atoms with Crippen LogP contribution < -0.4 is 15.0 Å². The van der Waals surface area contributed by atoms with Crippen molar-refractivity contribution in [3.63, 3.8) is 0 Å². The Bertz CT molecular complexity index is 1150. The highest BCUT2D eigenvalue weighted by Gasteiger charge is 2.30. The number of hydrogen-bond donors (Lipinski definition) is 1. The van der Waals surface area contributed by atoms with Crippen molar-refractivity contribution in [1.82, 2.24) is 14.9 Å². The third-order valence-corrected chi connectivity index (χ3v) is 5.55. The van der Waals surface area contributed by atoms with E-state index in [1.165, 1.54) is 12.1 Å². The van der Waals surface area contributed by atoms with Crippen molar-refractivity contribution in [2.45, 2.75) is 25.7 Å². The van der Waals surface area contributed by atoms with E-state index in [4.69, 9.17) is 9.47 Å². The molecular formula is C23H22F3N3O3. The smallest absolute Gasteiger partial charge is 0.416 e. The molecule has 4 rings (SSSR count). The van der Waals surface area contributed by atoms with E-state index in [0.717, 1.165) is 17.7 Å². The molecule has 0 bridgehead atoms. The quantitative estimate of drug-likeness (QED) is 0.642. The lowest BCUT2D eigenvalue weighted by molar-refractivity contribution is -0.137. The molecule has 2 heterocycles. The summed E-state index contributed by atoms with van der Waals surface area (Å²) in [7, 11) is 3.20. The molecule has 9 heteroatoms. The number of ether oxygens (including phenoxy) is 2. The van der Waals surface area contributed by atoms with Gasteiger partial charge in [-0.25, -0.2) is 4.98 Å². The molecule has 168 valence electrons. The Morgan fingerprint density at radius 1 is 1.06 bits per heavy atom. The molecule has 0 saturated heterocycles. The summed E-state index contributed by atoms with van der Waals surface area (Å²) in [5.74, 6) is 1.66. The summed E-state index contributed by atoms with van der Waals surface area (Å²) in [6.45, 7) is 1.61. The lowest BCUT2D eigenvalue weighted by atomic mass is 10.0. The van der Waals surface area contributed by atoms with Crippen LogP contribution in [0.2, 0.25) is 0 Å². The Hall–Kier alpha value is -3.33. The lowest BCUT2D eigenvalue weighted by Crippen LogP contribution is -2.35. The Morgan fingerprint density at radius 2 is 1.72 bits per heavy atom. The second-order valence-corrected chi connectivity index (χ2v) is 7.52. The first kappa shape index (κ1) is 21.9. The molecule has 1 aliphatic rings. The standard InChI is InChI=1S/C23H22F3N3O3/c1-31-19-4-3-5-20(32-2)17(19)12-29-11-10-16-18(13-29)27-21(28-22(16)30)14-6-8-15(9-7-14)23(24,25)26/h3-9H,10-13H2,1-2H3,(H,27,28,30). The van der Waals surface area contributed by atoms with Crippen LogP contribution in [0.5, 0.6) is 11.5 Å². The van der Waals surface area contributed by atoms with Gasteiger partial charge >= 0.3 is 6.18 Å². The molecule has 1 aromatic heterocycles. The molecule has 1 N–H and O–H groups in total. The molecule has 0 aliphatic carbocycles. The molecule has 0 atom stereocenters. The van der Waals surface area contributed by atoms with Crippen molar-refractivity contribution in [2.75, 3.05) is 20.8 Å². The first-order valence-electron chi connectivity index (χ1n) is 10.0. The normalized spacial score (nSPS) is 14.2. The van der Waals surface area contributed by atoms with E-state index in [1.807, 2.05) is 18.2 Å². The molecule has 3 aromatic rings. The van der Waals surface area contributed by atoms with E-state index >= 15 is 0 Å². The van der Waals surface area contributed by atoms with E-state index in [2.05, 4.69) is 14.9 Å². The van der Waals surface area contributed by atoms with E-state index < -0.39 is 11.7 Å². The zero-order chi connectivity index (χ0) is 22.9. The average Bonchev–Trinajstić information content (AvgIpc) is 2.78. The summed E-state index contributed by atoms with van der Waals surface area (Å²) in [4.78, 5) is 22.0. The minimum atomic E-state index is -4.42. The fourth-order valence-electron chi connectivity index (χ4n) is 3.89. The van der Waals surface area contributed by atoms with Gasteiger partial charge in [-0.3, -0.25) is 9.69 Å². The molecule has 1 aliphatic heterocycles. The van der Waals surface area contributed by atoms with Crippen LogP contribution >= 0.6 is 0 Å². The monoisotopic (exact) mass is 445 g/mol. The fraction of sp³-hybridized carbons (Fsp3) is 0.304. The van der Waals surface area contributed by atoms with Crippen LogP contribution in [0.3, 0.4) is 0 Å². The van der Waals surface area contributed by atoms with Gasteiger partial charge in [0.2, 0.25) is 0 Å². The van der Waals surface area contributed by atoms with Crippen molar-refractivity contribution in [3.05, 3.63) is 75.2 Å². The molecule has 0 fully saturated rings. The van der Waals surface area contributed by atoms with E-state index in [-0.39, 0.29) is 11.4 Å². The van der Waals surface area contributed by atoms with E-state index in [1.54, 1.807) is 14.2 Å². The first-order valence-corrected chi connectivity index (χ1v) is 10.0. The summed E-state index contributed by atoms with van der Waals surface area (Å²) in [5.41, 5.74) is 1.51. The van der Waals surface area contributed by atoms with Gasteiger partial charge in [-0.05, 0) is 30.7 Å². The number of H-pyrrole nitrogens is 1. The number of hydrogen-bond acceptors (Lipinski definition) is 5. The molecule has 0 amide bonds. The second-order valence-electron chi connectivity index (χ2n) is 7.52. The molecule has 0 unspecified atom stereocenters. The van der Waals surface area contributed by atoms with Gasteiger partial charge in [0.15, 0.2) is 0 Å². The minimum Gasteiger partial charge on any atom is -0.496 e. The van der Waals surface area contributed by atoms with Crippen LogP contribution in [0.25, 0.3) is 11.4 Å². The summed E-state index contributed by atoms with van der Waals surface area (Å²) >= 11 is 0. The molecule has 0 radical (unpaired) electrons. The highest BCUT2D eigenvalue weighted by atomic mass is 19.4. The molecule has 0 spiro atoms. The summed E-state index contributed by atoms with van der Waals surface area (Å²) in [5, 5.41) is 0. The SMILES string of the molecule is COc1cccc(OC)c1CN1CCc2c(nc(-c3ccc(C(F)(F)F)cc3)[nH]c2=O)C1. The van der Waals surface area contributed by atoms with Crippen LogP contribution in [0.4, 0.5) is 13.2 Å². The van der Waals surface area contributed by atoms with E-state index in [9.17, 15) is 18.0 Å². The maximum Gasteiger partial charge on any atom is 0.416 e. The Balaban J connectivity index is 1.61. The van der Waals surface area contributed by atoms with Gasteiger partial charge in [-0.1, -0.05) is 18.2 Å². The van der Waals surface area contributed by atoms with Gasteiger partial charge in [-0.2, -0.15) is 13.2 Å². The van der Waals surface area contributed by atoms with Gasteiger partial charge in [-0.15, -0.1) is 0 Å². The second kappa shape index (κ2) is 8.66. The van der Waals surface area contributed by atoms with Gasteiger partial charge in [0.05, 0.1) is 31.0 Å². The molecule has 6 nitrogen and oxygen atoms in total. The number of nitrogens with one attached hydrogen (secondary N) is 1. The van der Waals surface area contributed by atoms with Gasteiger partial charge in [0, 0.05) is 30.8 Å². The maximum absolute atomic E-state index is 12.8. The largest absolute Gasteiger partial charge is 0.496 e. The number of methoxy groups -OCH3 is 2. The molecule has 0 saturated carbocycles. The van der Waals surface area contributed by atoms with Crippen LogP contribution in [0.15, 0.2) is 47.3 Å². The van der Waals surface area contributed by atoms with Crippen LogP contribution in [0.1, 0.15) is 22.4 Å². The van der Waals surface area contributed by atoms with Gasteiger partial charge < -0.3 is 14.5 Å². The number of nitrogens with zero attached hydrogens (tertiary/aromatic N) is 2. The predicted octanol–water partition coefficient (Wildman–Crippen LogP) is 4.03. The van der Waals surface area contributed by atoms with E-state index in [0.29, 0.717) is 54.4 Å². The lowest BCUT2D eigenvalue weighted by Gasteiger charge is -2.28. The predicted molar refractivity (Wildman–Crippen MR) is 113 cm³/mol. The molecular weight excluding hydrogens is 423 g/mol. The number of halogens is 3. The van der Waals surface area contributed by atoms with Crippen molar-refractivity contribution < 1.29 is 22.6 Å². The number of fused-ring (bicyclic) bond motifs is 1. The zero-order valence-corrected chi connectivity index (χ0v) is 17.6. The van der Waals surface area contributed by atoms with Crippen LogP contribution in [-0.2, 0) is 25.7 Å². The minimum absolute atomic E-state index is 0.249. The van der Waals surface area contributed by atoms with Gasteiger partial charge in [0.25, 0.3) is 5.56 Å². The fourth-order valence-corrected chi connectivity index (χ4v) is 3.89. The third-order valence-electron chi connectivity index (χ3n) is 5.55. The summed E-state index contributed by atoms with van der Waals surface area (Å²) < 4.78 is 49.5. The Labute approximate surface area is 182 Å². The van der Waals surface area contributed by atoms with Crippen LogP contribution in [-0.4, -0.2) is 35.6 Å². The Morgan fingerprint density at radius 3 is 2.31 bits per heavy atom. The number of aromatic amines is 1. The Kier molecular flexibility index (Phi) is 5.92. The number of rotatable bonds is 5. The van der Waals surface area contributed by atoms with Crippen molar-refractivity contribution in [3.8, 4) is 22.9 Å². The number of aromatic nitrogens is 2.